The van der Waals surface area contributed by atoms with Crippen LogP contribution in [0.4, 0.5) is 27.8 Å². The van der Waals surface area contributed by atoms with E-state index in [0.717, 1.165) is 38.4 Å². The lowest BCUT2D eigenvalue weighted by atomic mass is 10.0. The zero-order valence-electron chi connectivity index (χ0n) is 18.1. The summed E-state index contributed by atoms with van der Waals surface area (Å²) in [5, 5.41) is 4.24. The first-order chi connectivity index (χ1) is 15.7. The maximum Gasteiger partial charge on any atom is 0.419 e. The van der Waals surface area contributed by atoms with Crippen molar-refractivity contribution in [2.45, 2.75) is 56.5 Å². The summed E-state index contributed by atoms with van der Waals surface area (Å²) in [6, 6.07) is 2.99. The van der Waals surface area contributed by atoms with E-state index in [2.05, 4.69) is 15.0 Å². The third-order valence-corrected chi connectivity index (χ3v) is 7.43. The van der Waals surface area contributed by atoms with Crippen molar-refractivity contribution in [1.82, 2.24) is 19.7 Å². The lowest BCUT2D eigenvalue weighted by molar-refractivity contribution is -0.137. The molecule has 33 heavy (non-hydrogen) atoms. The molecule has 6 nitrogen and oxygen atoms in total. The number of nitrogen functional groups attached to an aromatic ring is 1. The van der Waals surface area contributed by atoms with Crippen LogP contribution in [-0.2, 0) is 17.5 Å². The molecule has 180 valence electrons. The highest BCUT2D eigenvalue weighted by Crippen LogP contribution is 2.64. The number of ether oxygens (including phenoxy) is 1. The highest BCUT2D eigenvalue weighted by atomic mass is 19.4. The number of alkyl halides is 5. The van der Waals surface area contributed by atoms with Crippen molar-refractivity contribution in [3.63, 3.8) is 0 Å². The molecule has 5 atom stereocenters. The molecule has 0 aromatic carbocycles. The highest BCUT2D eigenvalue weighted by molar-refractivity contribution is 5.63. The van der Waals surface area contributed by atoms with Crippen LogP contribution in [0.1, 0.15) is 36.4 Å². The van der Waals surface area contributed by atoms with Crippen molar-refractivity contribution in [2.75, 3.05) is 25.9 Å². The standard InChI is InChI=1S/C22H26F5N5O/c1-33-13-2-3-31(9-13)12-5-14-15(6-12)20(14)18-7-17(30-32(18)10-19(23)24)11-4-16(22(25,26)27)21(28)29-8-11/h4,7-8,12-15,19-20H,2-3,5-6,9-10H2,1H3,(H2,28,29)/t12?,13-,14-,15+,20?/m0/s1. The summed E-state index contributed by atoms with van der Waals surface area (Å²) in [6.07, 6.45) is -2.82. The molecule has 2 N–H and O–H groups in total. The van der Waals surface area contributed by atoms with Crippen LogP contribution in [0, 0.1) is 11.8 Å². The normalized spacial score (nSPS) is 29.7. The van der Waals surface area contributed by atoms with Crippen LogP contribution in [0.25, 0.3) is 11.3 Å². The lowest BCUT2D eigenvalue weighted by Crippen LogP contribution is -2.33. The third kappa shape index (κ3) is 4.21. The molecule has 2 aromatic heterocycles. The van der Waals surface area contributed by atoms with Crippen molar-refractivity contribution in [3.8, 4) is 11.3 Å². The van der Waals surface area contributed by atoms with E-state index < -0.39 is 30.5 Å². The van der Waals surface area contributed by atoms with Gasteiger partial charge in [0, 0.05) is 49.6 Å². The van der Waals surface area contributed by atoms with Gasteiger partial charge in [-0.2, -0.15) is 18.3 Å². The van der Waals surface area contributed by atoms with Gasteiger partial charge in [-0.25, -0.2) is 13.8 Å². The Balaban J connectivity index is 1.37. The van der Waals surface area contributed by atoms with Crippen molar-refractivity contribution < 1.29 is 26.7 Å². The number of hydrogen-bond donors (Lipinski definition) is 1. The zero-order chi connectivity index (χ0) is 23.5. The molecule has 3 heterocycles. The number of nitrogens with zero attached hydrogens (tertiary/aromatic N) is 4. The predicted molar refractivity (Wildman–Crippen MR) is 111 cm³/mol. The first-order valence-corrected chi connectivity index (χ1v) is 11.1. The summed E-state index contributed by atoms with van der Waals surface area (Å²) >= 11 is 0. The van der Waals surface area contributed by atoms with Crippen LogP contribution in [0.15, 0.2) is 18.3 Å². The van der Waals surface area contributed by atoms with E-state index >= 15 is 0 Å². The van der Waals surface area contributed by atoms with Crippen molar-refractivity contribution >= 4 is 5.82 Å². The molecule has 1 aliphatic heterocycles. The SMILES string of the molecule is CO[C@H]1CCN(C2C[C@@H]3C(c4cc(-c5cnc(N)c(C(F)(F)F)c5)nn4CC(F)F)[C@@H]3C2)C1. The predicted octanol–water partition coefficient (Wildman–Crippen LogP) is 4.02. The minimum absolute atomic E-state index is 0.103. The van der Waals surface area contributed by atoms with E-state index in [1.165, 1.54) is 10.9 Å². The van der Waals surface area contributed by atoms with Crippen molar-refractivity contribution in [3.05, 3.63) is 29.6 Å². The van der Waals surface area contributed by atoms with Gasteiger partial charge in [-0.3, -0.25) is 9.58 Å². The van der Waals surface area contributed by atoms with Crippen LogP contribution >= 0.6 is 0 Å². The number of nitrogens with two attached hydrogens (primary N) is 1. The Morgan fingerprint density at radius 2 is 1.94 bits per heavy atom. The van der Waals surface area contributed by atoms with Gasteiger partial charge in [-0.15, -0.1) is 0 Å². The second kappa shape index (κ2) is 8.19. The maximum absolute atomic E-state index is 13.3. The minimum Gasteiger partial charge on any atom is -0.383 e. The average Bonchev–Trinajstić information content (AvgIpc) is 3.21. The van der Waals surface area contributed by atoms with Gasteiger partial charge in [-0.05, 0) is 43.2 Å². The summed E-state index contributed by atoms with van der Waals surface area (Å²) in [5.74, 6) is 0.241. The number of pyridine rings is 1. The summed E-state index contributed by atoms with van der Waals surface area (Å²) in [7, 11) is 1.73. The highest BCUT2D eigenvalue weighted by Gasteiger charge is 2.59. The maximum atomic E-state index is 13.3. The molecule has 11 heteroatoms. The zero-order valence-corrected chi connectivity index (χ0v) is 18.1. The van der Waals surface area contributed by atoms with Gasteiger partial charge >= 0.3 is 6.18 Å². The number of halogens is 5. The second-order valence-corrected chi connectivity index (χ2v) is 9.30. The monoisotopic (exact) mass is 471 g/mol. The number of rotatable bonds is 6. The van der Waals surface area contributed by atoms with E-state index in [1.807, 2.05) is 0 Å². The summed E-state index contributed by atoms with van der Waals surface area (Å²) in [4.78, 5) is 6.11. The number of aromatic nitrogens is 3. The molecular formula is C22H26F5N5O. The van der Waals surface area contributed by atoms with Crippen LogP contribution in [0.3, 0.4) is 0 Å². The molecule has 0 radical (unpaired) electrons. The average molecular weight is 471 g/mol. The number of fused-ring (bicyclic) bond motifs is 1. The summed E-state index contributed by atoms with van der Waals surface area (Å²) in [5.41, 5.74) is 5.31. The van der Waals surface area contributed by atoms with E-state index in [0.29, 0.717) is 23.6 Å². The first kappa shape index (κ1) is 22.5. The first-order valence-electron chi connectivity index (χ1n) is 11.1. The van der Waals surface area contributed by atoms with E-state index in [4.69, 9.17) is 10.5 Å². The number of likely N-dealkylation sites (tertiary alicyclic amines) is 1. The Hall–Kier alpha value is -2.27. The molecule has 3 aliphatic rings. The van der Waals surface area contributed by atoms with Gasteiger partial charge in [0.1, 0.15) is 12.4 Å². The van der Waals surface area contributed by atoms with E-state index in [9.17, 15) is 22.0 Å². The van der Waals surface area contributed by atoms with Crippen LogP contribution < -0.4 is 5.73 Å². The number of anilines is 1. The Labute approximate surface area is 187 Å². The van der Waals surface area contributed by atoms with Gasteiger partial charge in [0.05, 0.1) is 17.4 Å². The number of hydrogen-bond acceptors (Lipinski definition) is 5. The fraction of sp³-hybridized carbons (Fsp3) is 0.636. The Morgan fingerprint density at radius 1 is 1.21 bits per heavy atom. The smallest absolute Gasteiger partial charge is 0.383 e. The molecule has 0 bridgehead atoms. The number of methoxy groups -OCH3 is 1. The molecule has 5 rings (SSSR count). The molecular weight excluding hydrogens is 445 g/mol. The Bertz CT molecular complexity index is 1010. The third-order valence-electron chi connectivity index (χ3n) is 7.43. The second-order valence-electron chi connectivity index (χ2n) is 9.30. The lowest BCUT2D eigenvalue weighted by Gasteiger charge is -2.26. The summed E-state index contributed by atoms with van der Waals surface area (Å²) in [6.45, 7) is 1.34. The summed E-state index contributed by atoms with van der Waals surface area (Å²) < 4.78 is 72.9. The van der Waals surface area contributed by atoms with Crippen LogP contribution in [0.2, 0.25) is 0 Å². The van der Waals surface area contributed by atoms with Crippen LogP contribution in [0.5, 0.6) is 0 Å². The largest absolute Gasteiger partial charge is 0.419 e. The van der Waals surface area contributed by atoms with Crippen molar-refractivity contribution in [2.24, 2.45) is 11.8 Å². The topological polar surface area (TPSA) is 69.2 Å². The van der Waals surface area contributed by atoms with E-state index in [-0.39, 0.29) is 23.3 Å². The quantitative estimate of drug-likeness (QED) is 0.645. The molecule has 2 unspecified atom stereocenters. The Morgan fingerprint density at radius 3 is 2.55 bits per heavy atom. The van der Waals surface area contributed by atoms with Crippen molar-refractivity contribution in [1.29, 1.82) is 0 Å². The van der Waals surface area contributed by atoms with Gasteiger partial charge in [0.2, 0.25) is 0 Å². The fourth-order valence-corrected chi connectivity index (χ4v) is 5.79. The minimum atomic E-state index is -4.67. The van der Waals surface area contributed by atoms with Gasteiger partial charge in [0.25, 0.3) is 6.43 Å². The molecule has 3 fully saturated rings. The molecule has 2 saturated carbocycles. The molecule has 2 aromatic rings. The molecule has 0 amide bonds. The van der Waals surface area contributed by atoms with Crippen LogP contribution in [-0.4, -0.2) is 58.4 Å². The molecule has 0 spiro atoms. The Kier molecular flexibility index (Phi) is 5.59. The van der Waals surface area contributed by atoms with E-state index in [1.54, 1.807) is 13.2 Å². The van der Waals surface area contributed by atoms with Gasteiger partial charge in [-0.1, -0.05) is 0 Å². The van der Waals surface area contributed by atoms with Gasteiger partial charge in [0.15, 0.2) is 0 Å². The fourth-order valence-electron chi connectivity index (χ4n) is 5.79. The molecule has 1 saturated heterocycles. The van der Waals surface area contributed by atoms with Gasteiger partial charge < -0.3 is 10.5 Å². The molecule has 2 aliphatic carbocycles.